The number of thiazole rings is 1. The first-order valence-corrected chi connectivity index (χ1v) is 7.19. The van der Waals surface area contributed by atoms with E-state index < -0.39 is 0 Å². The molecule has 0 atom stereocenters. The minimum Gasteiger partial charge on any atom is -0.379 e. The van der Waals surface area contributed by atoms with Gasteiger partial charge in [0.05, 0.1) is 6.54 Å². The van der Waals surface area contributed by atoms with Crippen LogP contribution < -0.4 is 5.32 Å². The molecule has 0 radical (unpaired) electrons. The molecular formula is C14H15N5S. The molecule has 3 aromatic rings. The summed E-state index contributed by atoms with van der Waals surface area (Å²) in [6.07, 6.45) is 1.70. The Hall–Kier alpha value is -2.21. The van der Waals surface area contributed by atoms with Crippen molar-refractivity contribution in [2.75, 3.05) is 5.32 Å². The van der Waals surface area contributed by atoms with Gasteiger partial charge in [-0.15, -0.1) is 21.5 Å². The van der Waals surface area contributed by atoms with Crippen molar-refractivity contribution in [1.82, 2.24) is 19.7 Å². The number of aryl methyl sites for hydroxylation is 2. The molecule has 0 saturated carbocycles. The summed E-state index contributed by atoms with van der Waals surface area (Å²) < 4.78 is 1.90. The Morgan fingerprint density at radius 2 is 2.05 bits per heavy atom. The number of hydrogen-bond donors (Lipinski definition) is 1. The smallest absolute Gasteiger partial charge is 0.163 e. The van der Waals surface area contributed by atoms with Gasteiger partial charge in [0.1, 0.15) is 11.3 Å². The normalized spacial score (nSPS) is 10.7. The van der Waals surface area contributed by atoms with Crippen LogP contribution in [0.2, 0.25) is 0 Å². The van der Waals surface area contributed by atoms with Crippen LogP contribution in [0.3, 0.4) is 0 Å². The van der Waals surface area contributed by atoms with Crippen LogP contribution in [0.25, 0.3) is 11.4 Å². The Kier molecular flexibility index (Phi) is 3.47. The molecule has 1 N–H and O–H groups in total. The number of rotatable bonds is 4. The van der Waals surface area contributed by atoms with Crippen LogP contribution in [0.5, 0.6) is 0 Å². The van der Waals surface area contributed by atoms with Crippen molar-refractivity contribution < 1.29 is 0 Å². The molecule has 0 aliphatic rings. The molecule has 0 saturated heterocycles. The average molecular weight is 285 g/mol. The number of anilines is 1. The van der Waals surface area contributed by atoms with Gasteiger partial charge in [-0.2, -0.15) is 0 Å². The fraction of sp³-hybridized carbons (Fsp3) is 0.214. The first kappa shape index (κ1) is 12.8. The van der Waals surface area contributed by atoms with E-state index in [0.29, 0.717) is 0 Å². The van der Waals surface area contributed by atoms with E-state index in [0.717, 1.165) is 34.3 Å². The molecule has 0 amide bonds. The van der Waals surface area contributed by atoms with Crippen LogP contribution in [0.4, 0.5) is 5.69 Å². The highest BCUT2D eigenvalue weighted by Crippen LogP contribution is 2.19. The van der Waals surface area contributed by atoms with E-state index in [2.05, 4.69) is 25.9 Å². The maximum Gasteiger partial charge on any atom is 0.163 e. The second kappa shape index (κ2) is 5.42. The highest BCUT2D eigenvalue weighted by atomic mass is 32.1. The van der Waals surface area contributed by atoms with Crippen molar-refractivity contribution in [3.8, 4) is 11.4 Å². The van der Waals surface area contributed by atoms with Crippen molar-refractivity contribution >= 4 is 17.0 Å². The molecule has 0 bridgehead atoms. The van der Waals surface area contributed by atoms with Crippen LogP contribution in [0, 0.1) is 6.92 Å². The third kappa shape index (κ3) is 2.70. The summed E-state index contributed by atoms with van der Waals surface area (Å²) in [4.78, 5) is 4.43. The van der Waals surface area contributed by atoms with E-state index in [4.69, 9.17) is 0 Å². The topological polar surface area (TPSA) is 55.6 Å². The maximum absolute atomic E-state index is 4.43. The molecule has 0 spiro atoms. The summed E-state index contributed by atoms with van der Waals surface area (Å²) in [5, 5.41) is 14.5. The fourth-order valence-electron chi connectivity index (χ4n) is 1.94. The molecule has 1 aromatic carbocycles. The molecule has 6 heteroatoms. The van der Waals surface area contributed by atoms with Gasteiger partial charge in [0.25, 0.3) is 0 Å². The van der Waals surface area contributed by atoms with Crippen LogP contribution in [-0.4, -0.2) is 19.7 Å². The van der Waals surface area contributed by atoms with E-state index in [1.54, 1.807) is 17.7 Å². The zero-order valence-corrected chi connectivity index (χ0v) is 12.2. The van der Waals surface area contributed by atoms with Crippen molar-refractivity contribution in [2.24, 2.45) is 7.05 Å². The lowest BCUT2D eigenvalue weighted by molar-refractivity contribution is 0.920. The average Bonchev–Trinajstić information content (AvgIpc) is 3.06. The Balaban J connectivity index is 1.69. The third-order valence-corrected chi connectivity index (χ3v) is 3.93. The number of aromatic nitrogens is 4. The van der Waals surface area contributed by atoms with E-state index in [1.165, 1.54) is 0 Å². The molecule has 20 heavy (non-hydrogen) atoms. The van der Waals surface area contributed by atoms with Gasteiger partial charge in [0.15, 0.2) is 5.82 Å². The summed E-state index contributed by atoms with van der Waals surface area (Å²) in [6, 6.07) is 8.17. The largest absolute Gasteiger partial charge is 0.379 e. The lowest BCUT2D eigenvalue weighted by Crippen LogP contribution is -1.99. The fourth-order valence-corrected chi connectivity index (χ4v) is 2.65. The summed E-state index contributed by atoms with van der Waals surface area (Å²) in [6.45, 7) is 2.76. The molecule has 102 valence electrons. The first-order chi connectivity index (χ1) is 9.72. The standard InChI is InChI=1S/C14H15N5S/c1-10-8-20-13(17-10)7-15-12-5-3-11(4-6-12)14-18-16-9-19(14)2/h3-6,8-9,15H,7H2,1-2H3. The van der Waals surface area contributed by atoms with E-state index in [-0.39, 0.29) is 0 Å². The third-order valence-electron chi connectivity index (χ3n) is 2.96. The molecule has 0 aliphatic carbocycles. The predicted molar refractivity (Wildman–Crippen MR) is 80.6 cm³/mol. The molecule has 5 nitrogen and oxygen atoms in total. The van der Waals surface area contributed by atoms with Crippen LogP contribution in [0.1, 0.15) is 10.7 Å². The monoisotopic (exact) mass is 285 g/mol. The highest BCUT2D eigenvalue weighted by Gasteiger charge is 2.04. The molecule has 0 aliphatic heterocycles. The minimum atomic E-state index is 0.752. The summed E-state index contributed by atoms with van der Waals surface area (Å²) in [7, 11) is 1.94. The maximum atomic E-state index is 4.43. The lowest BCUT2D eigenvalue weighted by Gasteiger charge is -2.05. The molecule has 3 rings (SSSR count). The first-order valence-electron chi connectivity index (χ1n) is 6.32. The van der Waals surface area contributed by atoms with E-state index >= 15 is 0 Å². The molecule has 0 fully saturated rings. The number of nitrogens with one attached hydrogen (secondary N) is 1. The van der Waals surface area contributed by atoms with Gasteiger partial charge in [0, 0.05) is 29.4 Å². The van der Waals surface area contributed by atoms with Crippen molar-refractivity contribution in [2.45, 2.75) is 13.5 Å². The quantitative estimate of drug-likeness (QED) is 0.801. The Bertz CT molecular complexity index is 698. The van der Waals surface area contributed by atoms with E-state index in [1.807, 2.05) is 42.8 Å². The molecule has 2 aromatic heterocycles. The summed E-state index contributed by atoms with van der Waals surface area (Å²) in [5.74, 6) is 0.868. The predicted octanol–water partition coefficient (Wildman–Crippen LogP) is 2.86. The van der Waals surface area contributed by atoms with Gasteiger partial charge < -0.3 is 9.88 Å². The number of hydrogen-bond acceptors (Lipinski definition) is 5. The SMILES string of the molecule is Cc1csc(CNc2ccc(-c3nncn3C)cc2)n1. The Labute approximate surface area is 121 Å². The number of benzene rings is 1. The lowest BCUT2D eigenvalue weighted by atomic mass is 10.2. The number of nitrogens with zero attached hydrogens (tertiary/aromatic N) is 4. The van der Waals surface area contributed by atoms with Crippen molar-refractivity contribution in [3.05, 3.63) is 46.7 Å². The van der Waals surface area contributed by atoms with Gasteiger partial charge in [-0.05, 0) is 31.2 Å². The van der Waals surface area contributed by atoms with Gasteiger partial charge in [-0.3, -0.25) is 0 Å². The Morgan fingerprint density at radius 3 is 2.65 bits per heavy atom. The second-order valence-electron chi connectivity index (χ2n) is 4.58. The van der Waals surface area contributed by atoms with Crippen LogP contribution >= 0.6 is 11.3 Å². The van der Waals surface area contributed by atoms with Gasteiger partial charge >= 0.3 is 0 Å². The zero-order chi connectivity index (χ0) is 13.9. The summed E-state index contributed by atoms with van der Waals surface area (Å²) in [5.41, 5.74) is 3.20. The Morgan fingerprint density at radius 1 is 1.25 bits per heavy atom. The van der Waals surface area contributed by atoms with Crippen molar-refractivity contribution in [1.29, 1.82) is 0 Å². The minimum absolute atomic E-state index is 0.752. The van der Waals surface area contributed by atoms with Gasteiger partial charge in [0.2, 0.25) is 0 Å². The molecule has 0 unspecified atom stereocenters. The van der Waals surface area contributed by atoms with Gasteiger partial charge in [-0.1, -0.05) is 0 Å². The van der Waals surface area contributed by atoms with Crippen molar-refractivity contribution in [3.63, 3.8) is 0 Å². The summed E-state index contributed by atoms with van der Waals surface area (Å²) >= 11 is 1.68. The highest BCUT2D eigenvalue weighted by molar-refractivity contribution is 7.09. The zero-order valence-electron chi connectivity index (χ0n) is 11.4. The van der Waals surface area contributed by atoms with E-state index in [9.17, 15) is 0 Å². The molecule has 2 heterocycles. The molecular weight excluding hydrogens is 270 g/mol. The van der Waals surface area contributed by atoms with Gasteiger partial charge in [-0.25, -0.2) is 4.98 Å². The van der Waals surface area contributed by atoms with Crippen LogP contribution in [-0.2, 0) is 13.6 Å². The second-order valence-corrected chi connectivity index (χ2v) is 5.52. The van der Waals surface area contributed by atoms with Crippen LogP contribution in [0.15, 0.2) is 36.0 Å².